The van der Waals surface area contributed by atoms with Crippen LogP contribution in [0.4, 0.5) is 9.59 Å². The SMILES string of the molecule is COC(=O)NCCOC(c1cccc(Cl)c1)c1cc2c(c(C(=O)NC(CC3CCCCC3)CN(C)C(=O)OC(C)(C)C)c1)CCCO2. The van der Waals surface area contributed by atoms with Crippen LogP contribution in [0.5, 0.6) is 5.75 Å². The monoisotopic (exact) mass is 671 g/mol. The first-order valence-corrected chi connectivity index (χ1v) is 17.0. The van der Waals surface area contributed by atoms with Gasteiger partial charge in [0.05, 0.1) is 20.3 Å². The van der Waals surface area contributed by atoms with Gasteiger partial charge >= 0.3 is 12.2 Å². The van der Waals surface area contributed by atoms with E-state index in [4.69, 9.17) is 25.8 Å². The van der Waals surface area contributed by atoms with Crippen LogP contribution in [0.25, 0.3) is 0 Å². The number of halogens is 1. The van der Waals surface area contributed by atoms with E-state index in [9.17, 15) is 14.4 Å². The highest BCUT2D eigenvalue weighted by Gasteiger charge is 2.29. The quantitative estimate of drug-likeness (QED) is 0.232. The van der Waals surface area contributed by atoms with Gasteiger partial charge in [-0.1, -0.05) is 55.8 Å². The van der Waals surface area contributed by atoms with Crippen molar-refractivity contribution in [3.63, 3.8) is 0 Å². The number of carbonyl (C=O) groups excluding carboxylic acids is 3. The number of likely N-dealkylation sites (N-methyl/N-ethyl adjacent to an activating group) is 1. The number of fused-ring (bicyclic) bond motifs is 1. The Morgan fingerprint density at radius 1 is 1.06 bits per heavy atom. The summed E-state index contributed by atoms with van der Waals surface area (Å²) in [4.78, 5) is 40.3. The lowest BCUT2D eigenvalue weighted by molar-refractivity contribution is 0.0274. The van der Waals surface area contributed by atoms with Gasteiger partial charge < -0.3 is 34.5 Å². The van der Waals surface area contributed by atoms with Gasteiger partial charge in [-0.05, 0) is 81.3 Å². The molecule has 0 radical (unpaired) electrons. The second-order valence-electron chi connectivity index (χ2n) is 13.5. The average molecular weight is 672 g/mol. The van der Waals surface area contributed by atoms with Gasteiger partial charge in [0.1, 0.15) is 17.5 Å². The van der Waals surface area contributed by atoms with Crippen molar-refractivity contribution in [2.75, 3.05) is 40.5 Å². The lowest BCUT2D eigenvalue weighted by atomic mass is 9.84. The molecule has 0 saturated heterocycles. The van der Waals surface area contributed by atoms with Crippen molar-refractivity contribution >= 4 is 29.7 Å². The highest BCUT2D eigenvalue weighted by atomic mass is 35.5. The molecule has 4 rings (SSSR count). The van der Waals surface area contributed by atoms with E-state index in [-0.39, 0.29) is 25.1 Å². The van der Waals surface area contributed by atoms with E-state index < -0.39 is 23.9 Å². The fourth-order valence-electron chi connectivity index (χ4n) is 6.31. The molecule has 2 atom stereocenters. The van der Waals surface area contributed by atoms with E-state index in [0.717, 1.165) is 42.4 Å². The molecule has 0 bridgehead atoms. The van der Waals surface area contributed by atoms with Crippen LogP contribution in [0.3, 0.4) is 0 Å². The van der Waals surface area contributed by atoms with E-state index in [0.29, 0.717) is 41.8 Å². The zero-order valence-electron chi connectivity index (χ0n) is 28.4. The Kier molecular flexibility index (Phi) is 13.2. The van der Waals surface area contributed by atoms with Crippen LogP contribution in [0.2, 0.25) is 5.02 Å². The minimum atomic E-state index is -0.621. The van der Waals surface area contributed by atoms with Crippen LogP contribution in [-0.2, 0) is 20.6 Å². The molecule has 1 fully saturated rings. The summed E-state index contributed by atoms with van der Waals surface area (Å²) in [5.41, 5.74) is 2.28. The lowest BCUT2D eigenvalue weighted by Gasteiger charge is -2.32. The van der Waals surface area contributed by atoms with E-state index in [1.807, 2.05) is 51.1 Å². The Morgan fingerprint density at radius 3 is 2.53 bits per heavy atom. The molecule has 2 aromatic rings. The number of methoxy groups -OCH3 is 1. The normalized spacial score (nSPS) is 16.2. The molecule has 2 aromatic carbocycles. The van der Waals surface area contributed by atoms with E-state index in [2.05, 4.69) is 15.4 Å². The molecule has 0 spiro atoms. The van der Waals surface area contributed by atoms with Gasteiger partial charge in [0.25, 0.3) is 5.91 Å². The van der Waals surface area contributed by atoms with Gasteiger partial charge in [-0.25, -0.2) is 9.59 Å². The van der Waals surface area contributed by atoms with Crippen LogP contribution in [0, 0.1) is 5.92 Å². The minimum Gasteiger partial charge on any atom is -0.493 e. The second-order valence-corrected chi connectivity index (χ2v) is 13.9. The Morgan fingerprint density at radius 2 is 1.83 bits per heavy atom. The minimum absolute atomic E-state index is 0.187. The molecule has 1 saturated carbocycles. The summed E-state index contributed by atoms with van der Waals surface area (Å²) in [5, 5.41) is 6.48. The molecule has 2 N–H and O–H groups in total. The largest absolute Gasteiger partial charge is 0.493 e. The summed E-state index contributed by atoms with van der Waals surface area (Å²) < 4.78 is 22.7. The molecular weight excluding hydrogens is 622 g/mol. The summed E-state index contributed by atoms with van der Waals surface area (Å²) in [6.45, 7) is 6.82. The molecule has 1 heterocycles. The molecule has 2 aliphatic rings. The van der Waals surface area contributed by atoms with Crippen LogP contribution in [0.1, 0.15) is 98.9 Å². The van der Waals surface area contributed by atoms with Crippen molar-refractivity contribution < 1.29 is 33.3 Å². The van der Waals surface area contributed by atoms with Gasteiger partial charge in [-0.2, -0.15) is 0 Å². The summed E-state index contributed by atoms with van der Waals surface area (Å²) in [5.74, 6) is 0.907. The zero-order chi connectivity index (χ0) is 34.0. The lowest BCUT2D eigenvalue weighted by Crippen LogP contribution is -2.46. The number of ether oxygens (including phenoxy) is 4. The van der Waals surface area contributed by atoms with E-state index in [1.54, 1.807) is 18.0 Å². The van der Waals surface area contributed by atoms with Crippen LogP contribution >= 0.6 is 11.6 Å². The fourth-order valence-corrected chi connectivity index (χ4v) is 6.51. The van der Waals surface area contributed by atoms with E-state index in [1.165, 1.54) is 26.4 Å². The number of rotatable bonds is 12. The first-order chi connectivity index (χ1) is 22.4. The number of amides is 3. The van der Waals surface area contributed by atoms with Crippen molar-refractivity contribution in [3.05, 3.63) is 63.7 Å². The summed E-state index contributed by atoms with van der Waals surface area (Å²) in [6, 6.07) is 10.9. The molecule has 47 heavy (non-hydrogen) atoms. The molecule has 1 aliphatic heterocycles. The van der Waals surface area contributed by atoms with Crippen LogP contribution in [0.15, 0.2) is 36.4 Å². The predicted octanol–water partition coefficient (Wildman–Crippen LogP) is 7.06. The summed E-state index contributed by atoms with van der Waals surface area (Å²) in [6.07, 6.45) is 6.55. The van der Waals surface area contributed by atoms with E-state index >= 15 is 0 Å². The van der Waals surface area contributed by atoms with Crippen LogP contribution < -0.4 is 15.4 Å². The molecule has 11 heteroatoms. The number of hydrogen-bond acceptors (Lipinski definition) is 7. The second kappa shape index (κ2) is 17.1. The fraction of sp³-hybridized carbons (Fsp3) is 0.583. The first-order valence-electron chi connectivity index (χ1n) is 16.7. The van der Waals surface area contributed by atoms with Crippen molar-refractivity contribution in [1.29, 1.82) is 0 Å². The number of alkyl carbamates (subject to hydrolysis) is 1. The third-order valence-corrected chi connectivity index (χ3v) is 8.71. The molecule has 10 nitrogen and oxygen atoms in total. The molecule has 3 amide bonds. The standard InChI is InChI=1S/C36H50ClN3O7/c1-36(2,3)47-35(43)40(4)23-28(19-24-11-7-6-8-12-24)39-33(41)30-21-26(22-31-29(30)15-10-17-45-31)32(25-13-9-14-27(37)20-25)46-18-16-38-34(42)44-5/h9,13-14,20-22,24,28,32H,6-8,10-12,15-19,23H2,1-5H3,(H,38,42)(H,39,41). The topological polar surface area (TPSA) is 115 Å². The third kappa shape index (κ3) is 11.0. The molecule has 2 unspecified atom stereocenters. The van der Waals surface area contributed by atoms with Gasteiger partial charge in [-0.15, -0.1) is 0 Å². The molecule has 1 aliphatic carbocycles. The number of carbonyl (C=O) groups is 3. The predicted molar refractivity (Wildman–Crippen MR) is 181 cm³/mol. The average Bonchev–Trinajstić information content (AvgIpc) is 3.03. The maximum Gasteiger partial charge on any atom is 0.410 e. The van der Waals surface area contributed by atoms with Gasteiger partial charge in [0.15, 0.2) is 0 Å². The Bertz CT molecular complexity index is 1370. The molecule has 0 aromatic heterocycles. The molecular formula is C36H50ClN3O7. The van der Waals surface area contributed by atoms with Crippen LogP contribution in [-0.4, -0.2) is 75.1 Å². The Labute approximate surface area is 283 Å². The molecule has 258 valence electrons. The van der Waals surface area contributed by atoms with Gasteiger partial charge in [0.2, 0.25) is 0 Å². The maximum atomic E-state index is 14.3. The summed E-state index contributed by atoms with van der Waals surface area (Å²) >= 11 is 6.38. The van der Waals surface area contributed by atoms with Crippen molar-refractivity contribution in [2.24, 2.45) is 5.92 Å². The number of hydrogen-bond donors (Lipinski definition) is 2. The first kappa shape index (κ1) is 36.3. The van der Waals surface area contributed by atoms with Crippen molar-refractivity contribution in [2.45, 2.75) is 89.9 Å². The highest BCUT2D eigenvalue weighted by molar-refractivity contribution is 6.30. The number of nitrogens with one attached hydrogen (secondary N) is 2. The maximum absolute atomic E-state index is 14.3. The smallest absolute Gasteiger partial charge is 0.410 e. The number of benzene rings is 2. The Balaban J connectivity index is 1.63. The van der Waals surface area contributed by atoms with Gasteiger partial charge in [-0.3, -0.25) is 4.79 Å². The van der Waals surface area contributed by atoms with Crippen molar-refractivity contribution in [1.82, 2.24) is 15.5 Å². The van der Waals surface area contributed by atoms with Gasteiger partial charge in [0, 0.05) is 42.3 Å². The zero-order valence-corrected chi connectivity index (χ0v) is 29.1. The summed E-state index contributed by atoms with van der Waals surface area (Å²) in [7, 11) is 3.02. The number of nitrogens with zero attached hydrogens (tertiary/aromatic N) is 1. The van der Waals surface area contributed by atoms with Crippen molar-refractivity contribution in [3.8, 4) is 5.75 Å². The highest BCUT2D eigenvalue weighted by Crippen LogP contribution is 2.36. The Hall–Kier alpha value is -3.50. The third-order valence-electron chi connectivity index (χ3n) is 8.48.